The van der Waals surface area contributed by atoms with Crippen LogP contribution in [0.2, 0.25) is 0 Å². The van der Waals surface area contributed by atoms with Crippen molar-refractivity contribution in [2.24, 2.45) is 5.92 Å². The molecule has 2 aliphatic carbocycles. The van der Waals surface area contributed by atoms with Gasteiger partial charge in [0.2, 0.25) is 0 Å². The second-order valence-corrected chi connectivity index (χ2v) is 7.34. The Kier molecular flexibility index (Phi) is 4.66. The summed E-state index contributed by atoms with van der Waals surface area (Å²) < 4.78 is 0. The highest BCUT2D eigenvalue weighted by Crippen LogP contribution is 2.33. The third-order valence-corrected chi connectivity index (χ3v) is 5.41. The van der Waals surface area contributed by atoms with Crippen molar-refractivity contribution in [1.82, 2.24) is 5.32 Å². The molecule has 0 radical (unpaired) electrons. The monoisotopic (exact) mass is 287 g/mol. The van der Waals surface area contributed by atoms with Gasteiger partial charge < -0.3 is 10.4 Å². The van der Waals surface area contributed by atoms with Gasteiger partial charge in [0.15, 0.2) is 0 Å². The molecule has 3 rings (SSSR count). The van der Waals surface area contributed by atoms with Gasteiger partial charge >= 0.3 is 0 Å². The van der Waals surface area contributed by atoms with Gasteiger partial charge in [0.1, 0.15) is 0 Å². The summed E-state index contributed by atoms with van der Waals surface area (Å²) in [5, 5.41) is 14.3. The van der Waals surface area contributed by atoms with Gasteiger partial charge in [-0.25, -0.2) is 0 Å². The highest BCUT2D eigenvalue weighted by Gasteiger charge is 2.32. The summed E-state index contributed by atoms with van der Waals surface area (Å²) in [4.78, 5) is 0. The first-order valence-corrected chi connectivity index (χ1v) is 8.67. The topological polar surface area (TPSA) is 32.3 Å². The molecule has 2 aliphatic rings. The fraction of sp³-hybridized carbons (Fsp3) is 0.684. The van der Waals surface area contributed by atoms with Gasteiger partial charge in [0.05, 0.1) is 5.60 Å². The SMILES string of the molecule is CC1CCCC(O)(CNCC2CCCc3ccccc32)C1. The molecule has 2 N–H and O–H groups in total. The maximum absolute atomic E-state index is 10.7. The van der Waals surface area contributed by atoms with Crippen LogP contribution in [0.1, 0.15) is 62.5 Å². The average molecular weight is 287 g/mol. The Hall–Kier alpha value is -0.860. The first-order valence-electron chi connectivity index (χ1n) is 8.67. The minimum atomic E-state index is -0.466. The maximum atomic E-state index is 10.7. The Bertz CT molecular complexity index is 472. The van der Waals surface area contributed by atoms with Crippen LogP contribution in [-0.2, 0) is 6.42 Å². The zero-order valence-corrected chi connectivity index (χ0v) is 13.3. The highest BCUT2D eigenvalue weighted by atomic mass is 16.3. The largest absolute Gasteiger partial charge is 0.389 e. The molecular weight excluding hydrogens is 258 g/mol. The van der Waals surface area contributed by atoms with Crippen molar-refractivity contribution < 1.29 is 5.11 Å². The predicted octanol–water partition coefficient (Wildman–Crippen LogP) is 3.64. The van der Waals surface area contributed by atoms with E-state index in [-0.39, 0.29) is 0 Å². The zero-order valence-electron chi connectivity index (χ0n) is 13.3. The maximum Gasteiger partial charge on any atom is 0.0774 e. The molecule has 1 aromatic rings. The molecule has 0 aromatic heterocycles. The number of hydrogen-bond donors (Lipinski definition) is 2. The number of rotatable bonds is 4. The van der Waals surface area contributed by atoms with Crippen LogP contribution in [0, 0.1) is 5.92 Å². The Morgan fingerprint density at radius 2 is 2.10 bits per heavy atom. The molecule has 2 heteroatoms. The van der Waals surface area contributed by atoms with Gasteiger partial charge in [-0.2, -0.15) is 0 Å². The third-order valence-electron chi connectivity index (χ3n) is 5.41. The molecule has 1 fully saturated rings. The van der Waals surface area contributed by atoms with E-state index in [9.17, 15) is 5.11 Å². The molecule has 2 nitrogen and oxygen atoms in total. The fourth-order valence-electron chi connectivity index (χ4n) is 4.34. The van der Waals surface area contributed by atoms with Crippen molar-refractivity contribution in [3.63, 3.8) is 0 Å². The normalized spacial score (nSPS) is 32.7. The minimum Gasteiger partial charge on any atom is -0.389 e. The quantitative estimate of drug-likeness (QED) is 0.886. The van der Waals surface area contributed by atoms with Crippen molar-refractivity contribution in [3.05, 3.63) is 35.4 Å². The number of aliphatic hydroxyl groups is 1. The molecule has 0 amide bonds. The van der Waals surface area contributed by atoms with Gasteiger partial charge in [0, 0.05) is 13.1 Å². The molecule has 0 heterocycles. The molecule has 0 spiro atoms. The van der Waals surface area contributed by atoms with E-state index in [1.807, 2.05) is 0 Å². The summed E-state index contributed by atoms with van der Waals surface area (Å²) in [6.07, 6.45) is 8.17. The van der Waals surface area contributed by atoms with E-state index in [1.165, 1.54) is 43.2 Å². The van der Waals surface area contributed by atoms with E-state index < -0.39 is 5.60 Å². The standard InChI is InChI=1S/C19H29NO/c1-15-6-5-11-19(21,12-15)14-20-13-17-9-4-8-16-7-2-3-10-18(16)17/h2-3,7,10,15,17,20-21H,4-6,8-9,11-14H2,1H3. The number of fused-ring (bicyclic) bond motifs is 1. The molecule has 0 saturated heterocycles. The Morgan fingerprint density at radius 1 is 1.24 bits per heavy atom. The molecule has 0 bridgehead atoms. The summed E-state index contributed by atoms with van der Waals surface area (Å²) in [5.41, 5.74) is 2.59. The van der Waals surface area contributed by atoms with E-state index in [0.717, 1.165) is 25.9 Å². The van der Waals surface area contributed by atoms with Crippen LogP contribution >= 0.6 is 0 Å². The van der Waals surface area contributed by atoms with Crippen molar-refractivity contribution in [2.45, 2.75) is 63.4 Å². The van der Waals surface area contributed by atoms with Gasteiger partial charge in [-0.1, -0.05) is 44.0 Å². The van der Waals surface area contributed by atoms with Crippen LogP contribution in [0.4, 0.5) is 0 Å². The Labute approximate surface area is 129 Å². The second-order valence-electron chi connectivity index (χ2n) is 7.34. The second kappa shape index (κ2) is 6.50. The van der Waals surface area contributed by atoms with Gasteiger partial charge in [-0.05, 0) is 55.1 Å². The van der Waals surface area contributed by atoms with Crippen LogP contribution in [0.15, 0.2) is 24.3 Å². The van der Waals surface area contributed by atoms with Crippen LogP contribution in [0.25, 0.3) is 0 Å². The number of hydrogen-bond acceptors (Lipinski definition) is 2. The minimum absolute atomic E-state index is 0.466. The first kappa shape index (κ1) is 15.1. The lowest BCUT2D eigenvalue weighted by molar-refractivity contribution is -0.0118. The summed E-state index contributed by atoms with van der Waals surface area (Å²) in [5.74, 6) is 1.29. The number of aryl methyl sites for hydroxylation is 1. The number of benzene rings is 1. The lowest BCUT2D eigenvalue weighted by atomic mass is 9.78. The lowest BCUT2D eigenvalue weighted by Gasteiger charge is -2.36. The first-order chi connectivity index (χ1) is 10.2. The van der Waals surface area contributed by atoms with Gasteiger partial charge in [-0.15, -0.1) is 0 Å². The fourth-order valence-corrected chi connectivity index (χ4v) is 4.34. The summed E-state index contributed by atoms with van der Waals surface area (Å²) in [6, 6.07) is 8.88. The van der Waals surface area contributed by atoms with Crippen molar-refractivity contribution in [2.75, 3.05) is 13.1 Å². The molecule has 21 heavy (non-hydrogen) atoms. The van der Waals surface area contributed by atoms with Crippen LogP contribution in [0.5, 0.6) is 0 Å². The van der Waals surface area contributed by atoms with Gasteiger partial charge in [-0.3, -0.25) is 0 Å². The molecule has 3 unspecified atom stereocenters. The summed E-state index contributed by atoms with van der Waals surface area (Å²) >= 11 is 0. The van der Waals surface area contributed by atoms with Crippen LogP contribution in [-0.4, -0.2) is 23.8 Å². The molecule has 116 valence electrons. The van der Waals surface area contributed by atoms with Crippen molar-refractivity contribution in [1.29, 1.82) is 0 Å². The summed E-state index contributed by atoms with van der Waals surface area (Å²) in [6.45, 7) is 4.03. The molecule has 1 saturated carbocycles. The molecule has 3 atom stereocenters. The smallest absolute Gasteiger partial charge is 0.0774 e. The summed E-state index contributed by atoms with van der Waals surface area (Å²) in [7, 11) is 0. The van der Waals surface area contributed by atoms with Gasteiger partial charge in [0.25, 0.3) is 0 Å². The highest BCUT2D eigenvalue weighted by molar-refractivity contribution is 5.32. The van der Waals surface area contributed by atoms with E-state index in [2.05, 4.69) is 36.5 Å². The van der Waals surface area contributed by atoms with Crippen molar-refractivity contribution in [3.8, 4) is 0 Å². The Balaban J connectivity index is 1.54. The Morgan fingerprint density at radius 3 is 2.95 bits per heavy atom. The molecular formula is C19H29NO. The van der Waals surface area contributed by atoms with Crippen LogP contribution < -0.4 is 5.32 Å². The third kappa shape index (κ3) is 3.67. The van der Waals surface area contributed by atoms with E-state index in [1.54, 1.807) is 0 Å². The zero-order chi connectivity index (χ0) is 14.7. The van der Waals surface area contributed by atoms with E-state index >= 15 is 0 Å². The van der Waals surface area contributed by atoms with E-state index in [4.69, 9.17) is 0 Å². The van der Waals surface area contributed by atoms with Crippen molar-refractivity contribution >= 4 is 0 Å². The van der Waals surface area contributed by atoms with E-state index in [0.29, 0.717) is 11.8 Å². The predicted molar refractivity (Wildman–Crippen MR) is 87.6 cm³/mol. The average Bonchev–Trinajstić information content (AvgIpc) is 2.47. The molecule has 0 aliphatic heterocycles. The number of nitrogens with one attached hydrogen (secondary N) is 1. The lowest BCUT2D eigenvalue weighted by Crippen LogP contribution is -2.45. The van der Waals surface area contributed by atoms with Crippen LogP contribution in [0.3, 0.4) is 0 Å². The molecule has 1 aromatic carbocycles.